The smallest absolute Gasteiger partial charge is 0.314 e. The number of hydrogen-bond acceptors (Lipinski definition) is 10. The van der Waals surface area contributed by atoms with E-state index in [2.05, 4.69) is 52.1 Å². The summed E-state index contributed by atoms with van der Waals surface area (Å²) in [6.07, 6.45) is 2.86. The van der Waals surface area contributed by atoms with Gasteiger partial charge in [0, 0.05) is 55.7 Å². The van der Waals surface area contributed by atoms with Crippen LogP contribution in [0.4, 0.5) is 4.79 Å². The summed E-state index contributed by atoms with van der Waals surface area (Å²) < 4.78 is 6.26. The molecule has 1 aromatic heterocycles. The topological polar surface area (TPSA) is 197 Å². The van der Waals surface area contributed by atoms with Crippen LogP contribution in [-0.2, 0) is 12.1 Å². The van der Waals surface area contributed by atoms with Gasteiger partial charge in [0.25, 0.3) is 0 Å². The van der Waals surface area contributed by atoms with Gasteiger partial charge in [0.15, 0.2) is 0 Å². The summed E-state index contributed by atoms with van der Waals surface area (Å²) in [4.78, 5) is 16.7. The fraction of sp³-hybridized carbons (Fsp3) is 0.514. The van der Waals surface area contributed by atoms with Crippen molar-refractivity contribution in [1.82, 2.24) is 20.9 Å². The molecule has 49 heavy (non-hydrogen) atoms. The minimum atomic E-state index is -1.76. The van der Waals surface area contributed by atoms with E-state index >= 15 is 0 Å². The molecule has 2 fully saturated rings. The molecule has 1 heterocycles. The number of aliphatic hydroxyl groups excluding tert-OH is 6. The summed E-state index contributed by atoms with van der Waals surface area (Å²) >= 11 is 0. The van der Waals surface area contributed by atoms with Crippen molar-refractivity contribution in [3.05, 3.63) is 83.2 Å². The van der Waals surface area contributed by atoms with Crippen molar-refractivity contribution in [1.29, 1.82) is 0 Å². The second-order valence-corrected chi connectivity index (χ2v) is 13.3. The van der Waals surface area contributed by atoms with Gasteiger partial charge in [-0.05, 0) is 85.4 Å². The fourth-order valence-electron chi connectivity index (χ4n) is 6.09. The third kappa shape index (κ3) is 9.55. The SMILES string of the molecule is Cc1ccc(C(CO)CCCNC(=O)NC[C@H](O)[C@@H](O)[C@H](O)[C@H](O)CO)cc1CNC1(c2cnccc2-c2ccccc2OC2CC2)CC1. The van der Waals surface area contributed by atoms with Gasteiger partial charge in [-0.2, -0.15) is 0 Å². The number of benzene rings is 2. The first-order valence-corrected chi connectivity index (χ1v) is 17.2. The van der Waals surface area contributed by atoms with Crippen LogP contribution in [0, 0.1) is 6.92 Å². The first-order chi connectivity index (χ1) is 23.7. The van der Waals surface area contributed by atoms with Gasteiger partial charge in [-0.25, -0.2) is 4.79 Å². The van der Waals surface area contributed by atoms with E-state index in [0.29, 0.717) is 32.0 Å². The molecule has 2 aliphatic rings. The zero-order valence-electron chi connectivity index (χ0n) is 28.0. The Labute approximate surface area is 287 Å². The van der Waals surface area contributed by atoms with E-state index in [1.54, 1.807) is 0 Å². The molecule has 0 radical (unpaired) electrons. The third-order valence-corrected chi connectivity index (χ3v) is 9.58. The summed E-state index contributed by atoms with van der Waals surface area (Å²) in [7, 11) is 0. The van der Waals surface area contributed by atoms with E-state index in [4.69, 9.17) is 9.84 Å². The second-order valence-electron chi connectivity index (χ2n) is 13.3. The average molecular weight is 679 g/mol. The summed E-state index contributed by atoms with van der Waals surface area (Å²) in [6, 6.07) is 16.0. The van der Waals surface area contributed by atoms with Gasteiger partial charge in [0.1, 0.15) is 24.1 Å². The van der Waals surface area contributed by atoms with Crippen molar-refractivity contribution in [2.45, 2.75) is 94.0 Å². The van der Waals surface area contributed by atoms with Crippen LogP contribution in [0.5, 0.6) is 5.75 Å². The van der Waals surface area contributed by atoms with Crippen molar-refractivity contribution in [3.63, 3.8) is 0 Å². The van der Waals surface area contributed by atoms with Crippen LogP contribution in [0.1, 0.15) is 66.7 Å². The van der Waals surface area contributed by atoms with Crippen LogP contribution in [-0.4, -0.2) is 98.5 Å². The highest BCUT2D eigenvalue weighted by Gasteiger charge is 2.46. The Hall–Kier alpha value is -3.62. The molecular weight excluding hydrogens is 628 g/mol. The molecule has 12 heteroatoms. The van der Waals surface area contributed by atoms with Gasteiger partial charge < -0.3 is 51.3 Å². The number of para-hydroxylation sites is 1. The van der Waals surface area contributed by atoms with Crippen LogP contribution < -0.4 is 20.7 Å². The van der Waals surface area contributed by atoms with Gasteiger partial charge in [0.05, 0.1) is 18.8 Å². The van der Waals surface area contributed by atoms with Gasteiger partial charge >= 0.3 is 6.03 Å². The number of urea groups is 1. The number of nitrogens with one attached hydrogen (secondary N) is 3. The van der Waals surface area contributed by atoms with E-state index in [-0.39, 0.29) is 24.6 Å². The standard InChI is InChI=1S/C37H50N4O8/c1-23-8-9-24(25(21-42)5-4-15-39-36(48)40-20-31(44)34(46)35(47)32(45)22-43)17-26(23)18-41-37(13-14-37)30-19-38-16-12-28(30)29-6-2-3-7-33(29)49-27-10-11-27/h2-3,6-9,12,16-17,19,25,27,31-32,34-35,41-47H,4-5,10-11,13-15,18,20-22H2,1H3,(H2,39,40,48)/t25?,31-,32+,34+,35+/m0/s1. The van der Waals surface area contributed by atoms with Crippen LogP contribution >= 0.6 is 0 Å². The highest BCUT2D eigenvalue weighted by Crippen LogP contribution is 2.50. The molecule has 2 aliphatic carbocycles. The Kier molecular flexibility index (Phi) is 12.6. The van der Waals surface area contributed by atoms with Crippen LogP contribution in [0.25, 0.3) is 11.1 Å². The number of rotatable bonds is 19. The zero-order valence-corrected chi connectivity index (χ0v) is 28.0. The normalized spacial score (nSPS) is 18.2. The molecular formula is C37H50N4O8. The second kappa shape index (κ2) is 16.9. The summed E-state index contributed by atoms with van der Waals surface area (Å²) in [6.45, 7) is 1.87. The largest absolute Gasteiger partial charge is 0.490 e. The van der Waals surface area contributed by atoms with Crippen molar-refractivity contribution >= 4 is 6.03 Å². The Morgan fingerprint density at radius 3 is 2.43 bits per heavy atom. The van der Waals surface area contributed by atoms with E-state index in [1.165, 1.54) is 5.56 Å². The molecule has 0 bridgehead atoms. The van der Waals surface area contributed by atoms with Crippen molar-refractivity contribution < 1.29 is 40.2 Å². The van der Waals surface area contributed by atoms with E-state index in [0.717, 1.165) is 59.3 Å². The van der Waals surface area contributed by atoms with Crippen molar-refractivity contribution in [2.75, 3.05) is 26.3 Å². The zero-order chi connectivity index (χ0) is 35.0. The van der Waals surface area contributed by atoms with Crippen LogP contribution in [0.2, 0.25) is 0 Å². The maximum absolute atomic E-state index is 12.2. The molecule has 2 amide bonds. The number of pyridine rings is 1. The first-order valence-electron chi connectivity index (χ1n) is 17.2. The molecule has 266 valence electrons. The fourth-order valence-corrected chi connectivity index (χ4v) is 6.09. The van der Waals surface area contributed by atoms with Gasteiger partial charge in [-0.1, -0.05) is 36.4 Å². The minimum Gasteiger partial charge on any atom is -0.490 e. The number of amides is 2. The number of aryl methyl sites for hydroxylation is 1. The third-order valence-electron chi connectivity index (χ3n) is 9.58. The number of aliphatic hydroxyl groups is 6. The Morgan fingerprint density at radius 2 is 1.71 bits per heavy atom. The molecule has 9 N–H and O–H groups in total. The van der Waals surface area contributed by atoms with Crippen molar-refractivity contribution in [2.24, 2.45) is 0 Å². The van der Waals surface area contributed by atoms with Gasteiger partial charge in [-0.3, -0.25) is 4.98 Å². The molecule has 3 aromatic rings. The monoisotopic (exact) mass is 678 g/mol. The molecule has 0 spiro atoms. The minimum absolute atomic E-state index is 0.0421. The van der Waals surface area contributed by atoms with Crippen LogP contribution in [0.15, 0.2) is 60.9 Å². The molecule has 2 aromatic carbocycles. The summed E-state index contributed by atoms with van der Waals surface area (Å²) in [5, 5.41) is 67.1. The molecule has 5 rings (SSSR count). The number of aromatic nitrogens is 1. The molecule has 5 atom stereocenters. The number of ether oxygens (including phenoxy) is 1. The Morgan fingerprint density at radius 1 is 0.959 bits per heavy atom. The first kappa shape index (κ1) is 36.7. The van der Waals surface area contributed by atoms with Gasteiger partial charge in [-0.15, -0.1) is 0 Å². The van der Waals surface area contributed by atoms with E-state index in [1.807, 2.05) is 36.7 Å². The highest BCUT2D eigenvalue weighted by molar-refractivity contribution is 5.75. The lowest BCUT2D eigenvalue weighted by Crippen LogP contribution is -2.50. The highest BCUT2D eigenvalue weighted by atomic mass is 16.5. The lowest BCUT2D eigenvalue weighted by Gasteiger charge is -2.25. The molecule has 2 saturated carbocycles. The molecule has 12 nitrogen and oxygen atoms in total. The lowest BCUT2D eigenvalue weighted by atomic mass is 9.91. The average Bonchev–Trinajstić information content (AvgIpc) is 4.07. The van der Waals surface area contributed by atoms with E-state index in [9.17, 15) is 30.3 Å². The number of nitrogens with zero attached hydrogens (tertiary/aromatic N) is 1. The Balaban J connectivity index is 1.14. The maximum Gasteiger partial charge on any atom is 0.314 e. The molecule has 1 unspecified atom stereocenters. The molecule has 0 saturated heterocycles. The molecule has 0 aliphatic heterocycles. The van der Waals surface area contributed by atoms with Gasteiger partial charge in [0.2, 0.25) is 0 Å². The van der Waals surface area contributed by atoms with Crippen molar-refractivity contribution in [3.8, 4) is 16.9 Å². The predicted molar refractivity (Wildman–Crippen MR) is 184 cm³/mol. The lowest BCUT2D eigenvalue weighted by molar-refractivity contribution is -0.113. The Bertz CT molecular complexity index is 1530. The van der Waals surface area contributed by atoms with Crippen LogP contribution in [0.3, 0.4) is 0 Å². The quantitative estimate of drug-likeness (QED) is 0.0846. The number of carbonyl (C=O) groups is 1. The summed E-state index contributed by atoms with van der Waals surface area (Å²) in [5.41, 5.74) is 6.53. The maximum atomic E-state index is 12.2. The van der Waals surface area contributed by atoms with E-state index < -0.39 is 37.1 Å². The number of hydrogen-bond donors (Lipinski definition) is 9. The predicted octanol–water partition coefficient (Wildman–Crippen LogP) is 1.97. The number of carbonyl (C=O) groups excluding carboxylic acids is 1. The summed E-state index contributed by atoms with van der Waals surface area (Å²) in [5.74, 6) is 0.789.